The fraction of sp³-hybridized carbons (Fsp3) is 0.209. The van der Waals surface area contributed by atoms with Crippen LogP contribution in [0.5, 0.6) is 11.5 Å². The van der Waals surface area contributed by atoms with Crippen molar-refractivity contribution in [3.63, 3.8) is 0 Å². The molecular weight excluding hydrogens is 929 g/mol. The molecule has 338 valence electrons. The molecule has 3 aromatic rings. The van der Waals surface area contributed by atoms with Crippen molar-refractivity contribution in [2.75, 3.05) is 40.1 Å². The van der Waals surface area contributed by atoms with Crippen molar-refractivity contribution >= 4 is 95.0 Å². The second-order valence-corrected chi connectivity index (χ2v) is 17.4. The molecule has 1 saturated heterocycles. The maximum atomic E-state index is 14.5. The smallest absolute Gasteiger partial charge is 0.465 e. The maximum Gasteiger partial charge on any atom is 0.514 e. The first-order chi connectivity index (χ1) is 31.4. The van der Waals surface area contributed by atoms with Crippen LogP contribution in [0, 0.1) is 0 Å². The van der Waals surface area contributed by atoms with Crippen molar-refractivity contribution in [3.05, 3.63) is 117 Å². The molecule has 0 unspecified atom stereocenters. The number of hydrogen-bond acceptors (Lipinski definition) is 20. The number of amides is 2. The van der Waals surface area contributed by atoms with E-state index < -0.39 is 66.8 Å². The van der Waals surface area contributed by atoms with E-state index in [-0.39, 0.29) is 78.0 Å². The predicted octanol–water partition coefficient (Wildman–Crippen LogP) is 6.72. The van der Waals surface area contributed by atoms with Gasteiger partial charge in [0.1, 0.15) is 32.0 Å². The van der Waals surface area contributed by atoms with Gasteiger partial charge in [-0.1, -0.05) is 121 Å². The van der Waals surface area contributed by atoms with Gasteiger partial charge in [-0.2, -0.15) is 0 Å². The molecule has 22 heteroatoms. The molecule has 0 aliphatic carbocycles. The lowest BCUT2D eigenvalue weighted by atomic mass is 10.2. The van der Waals surface area contributed by atoms with Gasteiger partial charge in [-0.05, 0) is 18.1 Å². The van der Waals surface area contributed by atoms with Crippen molar-refractivity contribution in [3.8, 4) is 11.5 Å². The molecule has 0 saturated carbocycles. The van der Waals surface area contributed by atoms with E-state index in [1.807, 2.05) is 36.4 Å². The van der Waals surface area contributed by atoms with E-state index in [2.05, 4.69) is 13.2 Å². The number of rotatable bonds is 17. The first-order valence-electron chi connectivity index (χ1n) is 19.1. The molecule has 0 atom stereocenters. The Bertz CT molecular complexity index is 2360. The van der Waals surface area contributed by atoms with Crippen LogP contribution in [-0.4, -0.2) is 98.2 Å². The molecule has 3 aliphatic rings. The molecule has 1 fully saturated rings. The Hall–Kier alpha value is -6.62. The first kappa shape index (κ1) is 47.8. The third kappa shape index (κ3) is 11.4. The molecule has 3 heterocycles. The minimum Gasteiger partial charge on any atom is -0.465 e. The number of benzene rings is 3. The summed E-state index contributed by atoms with van der Waals surface area (Å²) in [5, 5.41) is 2.65. The SMILES string of the molecule is C=CC(=O)OCCOC(=O)Oc1c2c(c(OC(=O)OCCOC(=O)C=C)c3c1SC(=C1C(=O)N(Cc4ccccc4)N(Cc4ccccc4)C1=O)S3)SC(=C(C(=O)OC)C(=O)OCC)S2. The van der Waals surface area contributed by atoms with Crippen molar-refractivity contribution in [2.24, 2.45) is 0 Å². The highest BCUT2D eigenvalue weighted by Crippen LogP contribution is 2.69. The number of methoxy groups -OCH3 is 1. The van der Waals surface area contributed by atoms with E-state index in [4.69, 9.17) is 37.9 Å². The Balaban J connectivity index is 1.47. The van der Waals surface area contributed by atoms with Gasteiger partial charge >= 0.3 is 36.2 Å². The largest absolute Gasteiger partial charge is 0.514 e. The van der Waals surface area contributed by atoms with Gasteiger partial charge in [0.05, 0.1) is 54.9 Å². The van der Waals surface area contributed by atoms with Gasteiger partial charge in [0.2, 0.25) is 0 Å². The summed E-state index contributed by atoms with van der Waals surface area (Å²) >= 11 is 3.20. The monoisotopic (exact) mass is 964 g/mol. The number of fused-ring (bicyclic) bond motifs is 2. The number of carbonyl (C=O) groups excluding carboxylic acids is 8. The quantitative estimate of drug-likeness (QED) is 0.0261. The summed E-state index contributed by atoms with van der Waals surface area (Å²) < 4.78 is 41.9. The zero-order chi connectivity index (χ0) is 46.6. The van der Waals surface area contributed by atoms with E-state index in [0.717, 1.165) is 77.4 Å². The van der Waals surface area contributed by atoms with Crippen LogP contribution in [0.4, 0.5) is 9.59 Å². The maximum absolute atomic E-state index is 14.5. The Kier molecular flexibility index (Phi) is 16.4. The first-order valence-corrected chi connectivity index (χ1v) is 22.3. The highest BCUT2D eigenvalue weighted by molar-refractivity contribution is 8.26. The number of hydrogen-bond donors (Lipinski definition) is 0. The topological polar surface area (TPSA) is 217 Å². The van der Waals surface area contributed by atoms with Crippen molar-refractivity contribution < 1.29 is 76.3 Å². The lowest BCUT2D eigenvalue weighted by Gasteiger charge is -2.27. The number of esters is 4. The van der Waals surface area contributed by atoms with Gasteiger partial charge in [0.25, 0.3) is 11.8 Å². The summed E-state index contributed by atoms with van der Waals surface area (Å²) in [6, 6.07) is 18.1. The lowest BCUT2D eigenvalue weighted by Crippen LogP contribution is -2.39. The number of nitrogens with zero attached hydrogens (tertiary/aromatic N) is 2. The van der Waals surface area contributed by atoms with Gasteiger partial charge in [-0.25, -0.2) is 38.8 Å². The standard InChI is InChI=1S/C43H36N2O16S4/c1-5-26(46)56-18-20-58-42(52)60-30-32-33(63-40(62-32)28-36(48)44(22-24-14-10-8-11-15-24)45(37(28)49)23-25-16-12-9-13-17-25)31(61-43(53)59-21-19-57-27(47)6-2)35-34(30)64-41(65-35)29(38(50)54-4)39(51)55-7-3/h5-6,8-17H,1-2,7,18-23H2,3-4H3. The molecule has 0 bridgehead atoms. The summed E-state index contributed by atoms with van der Waals surface area (Å²) in [6.45, 7) is 6.47. The molecule has 0 radical (unpaired) electrons. The molecule has 0 aromatic heterocycles. The lowest BCUT2D eigenvalue weighted by molar-refractivity contribution is -0.149. The van der Waals surface area contributed by atoms with Crippen LogP contribution >= 0.6 is 47.0 Å². The zero-order valence-corrected chi connectivity index (χ0v) is 37.6. The second kappa shape index (κ2) is 22.3. The molecule has 65 heavy (non-hydrogen) atoms. The molecule has 3 aliphatic heterocycles. The zero-order valence-electron chi connectivity index (χ0n) is 34.4. The molecule has 3 aromatic carbocycles. The van der Waals surface area contributed by atoms with Crippen molar-refractivity contribution in [2.45, 2.75) is 39.6 Å². The highest BCUT2D eigenvalue weighted by atomic mass is 32.2. The van der Waals surface area contributed by atoms with Crippen molar-refractivity contribution in [1.29, 1.82) is 0 Å². The second-order valence-electron chi connectivity index (χ2n) is 12.8. The van der Waals surface area contributed by atoms with Crippen LogP contribution in [-0.2, 0) is 70.3 Å². The number of thioether (sulfide) groups is 4. The summed E-state index contributed by atoms with van der Waals surface area (Å²) in [4.78, 5) is 105. The number of carbonyl (C=O) groups is 8. The normalized spacial score (nSPS) is 13.7. The van der Waals surface area contributed by atoms with Gasteiger partial charge < -0.3 is 37.9 Å². The summed E-state index contributed by atoms with van der Waals surface area (Å²) in [6.07, 6.45) is -0.751. The molecular formula is C43H36N2O16S4. The van der Waals surface area contributed by atoms with E-state index in [0.29, 0.717) is 0 Å². The van der Waals surface area contributed by atoms with Crippen LogP contribution in [0.1, 0.15) is 18.1 Å². The van der Waals surface area contributed by atoms with E-state index >= 15 is 0 Å². The Labute approximate surface area is 387 Å². The molecule has 2 amide bonds. The Morgan fingerprint density at radius 2 is 1.00 bits per heavy atom. The van der Waals surface area contributed by atoms with E-state index in [9.17, 15) is 38.4 Å². The van der Waals surface area contributed by atoms with Crippen LogP contribution in [0.25, 0.3) is 0 Å². The molecule has 0 spiro atoms. The minimum atomic E-state index is -1.30. The van der Waals surface area contributed by atoms with E-state index in [1.54, 1.807) is 24.3 Å². The minimum absolute atomic E-state index is 0.0204. The summed E-state index contributed by atoms with van der Waals surface area (Å²) in [5.41, 5.74) is 0.698. The van der Waals surface area contributed by atoms with Crippen LogP contribution in [0.3, 0.4) is 0 Å². The number of ether oxygens (including phenoxy) is 8. The molecule has 0 N–H and O–H groups in total. The fourth-order valence-electron chi connectivity index (χ4n) is 5.80. The van der Waals surface area contributed by atoms with Gasteiger partial charge in [0, 0.05) is 12.2 Å². The average molecular weight is 965 g/mol. The molecule has 18 nitrogen and oxygen atoms in total. The third-order valence-corrected chi connectivity index (χ3v) is 13.8. The fourth-order valence-corrected chi connectivity index (χ4v) is 11.3. The van der Waals surface area contributed by atoms with Gasteiger partial charge in [0.15, 0.2) is 17.1 Å². The summed E-state index contributed by atoms with van der Waals surface area (Å²) in [5.74, 6) is -5.44. The van der Waals surface area contributed by atoms with Crippen LogP contribution < -0.4 is 9.47 Å². The van der Waals surface area contributed by atoms with Gasteiger partial charge in [-0.15, -0.1) is 0 Å². The summed E-state index contributed by atoms with van der Waals surface area (Å²) in [7, 11) is 1.05. The van der Waals surface area contributed by atoms with Crippen LogP contribution in [0.2, 0.25) is 0 Å². The average Bonchev–Trinajstić information content (AvgIpc) is 4.00. The Morgan fingerprint density at radius 1 is 0.585 bits per heavy atom. The highest BCUT2D eigenvalue weighted by Gasteiger charge is 2.47. The Morgan fingerprint density at radius 3 is 1.40 bits per heavy atom. The molecule has 6 rings (SSSR count). The third-order valence-electron chi connectivity index (χ3n) is 8.63. The number of hydrazine groups is 1. The van der Waals surface area contributed by atoms with Gasteiger partial charge in [-0.3, -0.25) is 9.59 Å². The predicted molar refractivity (Wildman–Crippen MR) is 233 cm³/mol. The van der Waals surface area contributed by atoms with Crippen LogP contribution in [0.15, 0.2) is 125 Å². The van der Waals surface area contributed by atoms with E-state index in [1.165, 1.54) is 16.9 Å². The van der Waals surface area contributed by atoms with Crippen molar-refractivity contribution in [1.82, 2.24) is 10.0 Å².